The molecular formula is C4H5N2O+. The third-order valence-electron chi connectivity index (χ3n) is 0.596. The molecule has 0 unspecified atom stereocenters. The monoisotopic (exact) mass is 97.0 g/mol. The van der Waals surface area contributed by atoms with Gasteiger partial charge in [0.2, 0.25) is 0 Å². The van der Waals surface area contributed by atoms with Gasteiger partial charge in [0.15, 0.2) is 0 Å². The van der Waals surface area contributed by atoms with Crippen molar-refractivity contribution in [3.63, 3.8) is 0 Å². The number of aromatic nitrogens is 2. The molecule has 0 radical (unpaired) electrons. The van der Waals surface area contributed by atoms with Crippen molar-refractivity contribution in [2.75, 3.05) is 0 Å². The van der Waals surface area contributed by atoms with Crippen LogP contribution in [0.5, 0.6) is 0 Å². The molecule has 1 aromatic heterocycles. The fourth-order valence-corrected chi connectivity index (χ4v) is 0.322. The molecule has 3 nitrogen and oxygen atoms in total. The summed E-state index contributed by atoms with van der Waals surface area (Å²) in [6.07, 6.45) is 4.39. The molecule has 0 spiro atoms. The molecule has 3 heteroatoms. The first-order valence-corrected chi connectivity index (χ1v) is 1.90. The van der Waals surface area contributed by atoms with Crippen molar-refractivity contribution >= 4 is 0 Å². The Balaban J connectivity index is 3.02. The Morgan fingerprint density at radius 1 is 1.57 bits per heavy atom. The molecular weight excluding hydrogens is 92.1 g/mol. The van der Waals surface area contributed by atoms with Gasteiger partial charge in [-0.15, -0.1) is 0 Å². The third-order valence-corrected chi connectivity index (χ3v) is 0.596. The fraction of sp³-hybridized carbons (Fsp3) is 0. The van der Waals surface area contributed by atoms with Crippen LogP contribution in [0.3, 0.4) is 0 Å². The lowest BCUT2D eigenvalue weighted by atomic mass is 10.7. The first-order chi connectivity index (χ1) is 3.39. The predicted molar refractivity (Wildman–Crippen MR) is 21.6 cm³/mol. The van der Waals surface area contributed by atoms with Gasteiger partial charge in [0.25, 0.3) is 0 Å². The van der Waals surface area contributed by atoms with Crippen LogP contribution in [0.2, 0.25) is 0 Å². The van der Waals surface area contributed by atoms with E-state index in [1.165, 1.54) is 12.5 Å². The van der Waals surface area contributed by atoms with E-state index in [-0.39, 0.29) is 0 Å². The first kappa shape index (κ1) is 4.05. The highest BCUT2D eigenvalue weighted by molar-refractivity contribution is 4.68. The maximum Gasteiger partial charge on any atom is 0.324 e. The summed E-state index contributed by atoms with van der Waals surface area (Å²) in [7, 11) is 0. The zero-order chi connectivity index (χ0) is 5.11. The highest BCUT2D eigenvalue weighted by atomic mass is 16.5. The molecule has 1 heterocycles. The van der Waals surface area contributed by atoms with Gasteiger partial charge in [0.05, 0.1) is 0 Å². The molecule has 0 amide bonds. The van der Waals surface area contributed by atoms with Crippen molar-refractivity contribution in [3.8, 4) is 0 Å². The summed E-state index contributed by atoms with van der Waals surface area (Å²) in [5.41, 5.74) is 0. The third kappa shape index (κ3) is 0.855. The maximum atomic E-state index is 8.49. The summed E-state index contributed by atoms with van der Waals surface area (Å²) >= 11 is 0. The Labute approximate surface area is 40.8 Å². The van der Waals surface area contributed by atoms with Crippen LogP contribution in [0.1, 0.15) is 0 Å². The predicted octanol–water partition coefficient (Wildman–Crippen LogP) is -0.394. The second kappa shape index (κ2) is 1.55. The number of nitrogens with zero attached hydrogens (tertiary/aromatic N) is 2. The average molecular weight is 97.1 g/mol. The van der Waals surface area contributed by atoms with E-state index in [9.17, 15) is 0 Å². The summed E-state index contributed by atoms with van der Waals surface area (Å²) in [6.45, 7) is 0. The van der Waals surface area contributed by atoms with Gasteiger partial charge >= 0.3 is 6.33 Å². The molecule has 0 saturated heterocycles. The second-order valence-electron chi connectivity index (χ2n) is 1.14. The molecule has 1 N–H and O–H groups in total. The van der Waals surface area contributed by atoms with Gasteiger partial charge in [-0.1, -0.05) is 9.71 Å². The Hall–Kier alpha value is -1.12. The number of hydrogen-bond acceptors (Lipinski definition) is 2. The van der Waals surface area contributed by atoms with Gasteiger partial charge in [-0.25, -0.2) is 0 Å². The lowest BCUT2D eigenvalue weighted by Gasteiger charge is -1.76. The maximum absolute atomic E-state index is 8.49. The van der Waals surface area contributed by atoms with E-state index >= 15 is 0 Å². The minimum Gasteiger partial charge on any atom is -0.350 e. The zero-order valence-electron chi connectivity index (χ0n) is 3.65. The topological polar surface area (TPSA) is 37.0 Å². The van der Waals surface area contributed by atoms with Crippen LogP contribution < -0.4 is 4.73 Å². The van der Waals surface area contributed by atoms with Gasteiger partial charge in [0, 0.05) is 6.07 Å². The molecule has 1 aromatic rings. The van der Waals surface area contributed by atoms with E-state index < -0.39 is 0 Å². The molecule has 36 valence electrons. The van der Waals surface area contributed by atoms with E-state index in [1.807, 2.05) is 0 Å². The van der Waals surface area contributed by atoms with Gasteiger partial charge < -0.3 is 5.21 Å². The van der Waals surface area contributed by atoms with Crippen LogP contribution in [0, 0.1) is 0 Å². The molecule has 0 aliphatic heterocycles. The lowest BCUT2D eigenvalue weighted by Crippen LogP contribution is -2.28. The van der Waals surface area contributed by atoms with Gasteiger partial charge in [0.1, 0.15) is 12.4 Å². The molecule has 1 rings (SSSR count). The molecule has 0 fully saturated rings. The van der Waals surface area contributed by atoms with Crippen molar-refractivity contribution in [1.29, 1.82) is 0 Å². The lowest BCUT2D eigenvalue weighted by molar-refractivity contribution is -0.906. The van der Waals surface area contributed by atoms with Crippen LogP contribution in [0.15, 0.2) is 24.8 Å². The van der Waals surface area contributed by atoms with Crippen molar-refractivity contribution in [2.45, 2.75) is 0 Å². The second-order valence-corrected chi connectivity index (χ2v) is 1.14. The van der Waals surface area contributed by atoms with Gasteiger partial charge in [-0.05, 0) is 0 Å². The average Bonchev–Trinajstić information content (AvgIpc) is 1.69. The molecule has 0 aliphatic carbocycles. The quantitative estimate of drug-likeness (QED) is 0.353. The van der Waals surface area contributed by atoms with Crippen molar-refractivity contribution in [2.24, 2.45) is 0 Å². The zero-order valence-corrected chi connectivity index (χ0v) is 3.65. The molecule has 0 saturated carbocycles. The summed E-state index contributed by atoms with van der Waals surface area (Å²) < 4.78 is 0.889. The smallest absolute Gasteiger partial charge is 0.324 e. The van der Waals surface area contributed by atoms with E-state index in [4.69, 9.17) is 5.21 Å². The summed E-state index contributed by atoms with van der Waals surface area (Å²) in [5, 5.41) is 8.49. The SMILES string of the molecule is O[n+]1cccnc1. The Morgan fingerprint density at radius 2 is 2.43 bits per heavy atom. The largest absolute Gasteiger partial charge is 0.350 e. The Morgan fingerprint density at radius 3 is 2.71 bits per heavy atom. The van der Waals surface area contributed by atoms with Crippen LogP contribution in [0.25, 0.3) is 0 Å². The van der Waals surface area contributed by atoms with Gasteiger partial charge in [-0.3, -0.25) is 0 Å². The van der Waals surface area contributed by atoms with Crippen LogP contribution in [-0.4, -0.2) is 10.2 Å². The minimum atomic E-state index is 0.889. The van der Waals surface area contributed by atoms with Crippen molar-refractivity contribution in [1.82, 2.24) is 4.98 Å². The van der Waals surface area contributed by atoms with E-state index in [0.717, 1.165) is 4.73 Å². The van der Waals surface area contributed by atoms with E-state index in [2.05, 4.69) is 4.98 Å². The highest BCUT2D eigenvalue weighted by Gasteiger charge is 1.82. The Kier molecular flexibility index (Phi) is 0.898. The number of rotatable bonds is 0. The van der Waals surface area contributed by atoms with E-state index in [0.29, 0.717) is 0 Å². The van der Waals surface area contributed by atoms with Crippen LogP contribution in [-0.2, 0) is 0 Å². The normalized spacial score (nSPS) is 8.57. The van der Waals surface area contributed by atoms with Crippen LogP contribution >= 0.6 is 0 Å². The highest BCUT2D eigenvalue weighted by Crippen LogP contribution is 1.63. The van der Waals surface area contributed by atoms with Crippen molar-refractivity contribution < 1.29 is 9.94 Å². The molecule has 0 aliphatic rings. The fourth-order valence-electron chi connectivity index (χ4n) is 0.322. The standard InChI is InChI=1S/C4H5N2O/c7-6-3-1-2-5-4-6/h1-4,7H/q+1. The van der Waals surface area contributed by atoms with Crippen LogP contribution in [0.4, 0.5) is 0 Å². The Bertz CT molecular complexity index is 140. The van der Waals surface area contributed by atoms with E-state index in [1.54, 1.807) is 12.3 Å². The summed E-state index contributed by atoms with van der Waals surface area (Å²) in [4.78, 5) is 3.60. The minimum absolute atomic E-state index is 0.889. The molecule has 0 aromatic carbocycles. The number of hydrogen-bond donors (Lipinski definition) is 1. The molecule has 0 atom stereocenters. The molecule has 7 heavy (non-hydrogen) atoms. The molecule has 0 bridgehead atoms. The first-order valence-electron chi connectivity index (χ1n) is 1.90. The summed E-state index contributed by atoms with van der Waals surface area (Å²) in [5.74, 6) is 0. The summed E-state index contributed by atoms with van der Waals surface area (Å²) in [6, 6.07) is 1.64. The van der Waals surface area contributed by atoms with Gasteiger partial charge in [-0.2, -0.15) is 0 Å². The van der Waals surface area contributed by atoms with Crippen molar-refractivity contribution in [3.05, 3.63) is 24.8 Å².